The first-order valence-corrected chi connectivity index (χ1v) is 11.4. The van der Waals surface area contributed by atoms with Gasteiger partial charge in [0.1, 0.15) is 5.56 Å². The minimum atomic E-state index is -0.641. The zero-order valence-corrected chi connectivity index (χ0v) is 18.7. The number of carbonyl (C=O) groups is 4. The van der Waals surface area contributed by atoms with E-state index < -0.39 is 17.5 Å². The quantitative estimate of drug-likeness (QED) is 0.417. The summed E-state index contributed by atoms with van der Waals surface area (Å²) in [6, 6.07) is 17.4. The largest absolute Gasteiger partial charge is 0.351 e. The maximum Gasteiger partial charge on any atom is 0.319 e. The third kappa shape index (κ3) is 5.41. The van der Waals surface area contributed by atoms with Gasteiger partial charge < -0.3 is 20.5 Å². The Morgan fingerprint density at radius 3 is 2.24 bits per heavy atom. The lowest BCUT2D eigenvalue weighted by molar-refractivity contribution is 0.0967. The van der Waals surface area contributed by atoms with Gasteiger partial charge in [0.15, 0.2) is 5.69 Å². The van der Waals surface area contributed by atoms with Crippen LogP contribution in [0.1, 0.15) is 37.8 Å². The number of carbonyl (C=O) groups excluding carboxylic acids is 4. The van der Waals surface area contributed by atoms with Gasteiger partial charge in [-0.25, -0.2) is 4.79 Å². The molecule has 1 aliphatic carbocycles. The normalized spacial score (nSPS) is 12.5. The first kappa shape index (κ1) is 23.0. The SMILES string of the molecule is O=C(NCCCSC1=CC(=O)c2onc(C(=O)Nc3ccccc3)c2C1=O)Nc1ccccc1. The van der Waals surface area contributed by atoms with E-state index in [1.807, 2.05) is 18.2 Å². The number of amides is 3. The van der Waals surface area contributed by atoms with Gasteiger partial charge in [0.2, 0.25) is 17.3 Å². The molecule has 0 atom stereocenters. The predicted molar refractivity (Wildman–Crippen MR) is 128 cm³/mol. The van der Waals surface area contributed by atoms with Crippen LogP contribution in [0.4, 0.5) is 16.2 Å². The third-order valence-electron chi connectivity index (χ3n) is 4.77. The lowest BCUT2D eigenvalue weighted by Crippen LogP contribution is -2.29. The molecule has 1 aliphatic rings. The molecule has 0 saturated carbocycles. The first-order valence-electron chi connectivity index (χ1n) is 10.4. The van der Waals surface area contributed by atoms with Crippen LogP contribution < -0.4 is 16.0 Å². The second-order valence-corrected chi connectivity index (χ2v) is 8.34. The lowest BCUT2D eigenvalue weighted by atomic mass is 9.99. The number of para-hydroxylation sites is 2. The highest BCUT2D eigenvalue weighted by Gasteiger charge is 2.36. The standard InChI is InChI=1S/C24H20N4O5S/c29-17-14-18(34-13-7-12-25-24(32)27-16-10-5-2-6-11-16)21(30)19-20(28-33-22(17)19)23(31)26-15-8-3-1-4-9-15/h1-6,8-11,14H,7,12-13H2,(H,26,31)(H2,25,27,32). The zero-order chi connectivity index (χ0) is 23.9. The van der Waals surface area contributed by atoms with Crippen molar-refractivity contribution in [1.29, 1.82) is 0 Å². The van der Waals surface area contributed by atoms with Crippen LogP contribution in [0.5, 0.6) is 0 Å². The summed E-state index contributed by atoms with van der Waals surface area (Å²) in [4.78, 5) is 50.1. The van der Waals surface area contributed by atoms with E-state index in [0.717, 1.165) is 0 Å². The molecule has 1 heterocycles. The molecule has 0 spiro atoms. The van der Waals surface area contributed by atoms with Crippen molar-refractivity contribution in [2.45, 2.75) is 6.42 Å². The molecular weight excluding hydrogens is 456 g/mol. The van der Waals surface area contributed by atoms with Crippen LogP contribution in [0.3, 0.4) is 0 Å². The van der Waals surface area contributed by atoms with E-state index in [4.69, 9.17) is 4.52 Å². The smallest absolute Gasteiger partial charge is 0.319 e. The number of aromatic nitrogens is 1. The number of ketones is 2. The average molecular weight is 477 g/mol. The van der Waals surface area contributed by atoms with Gasteiger partial charge in [0.05, 0.1) is 4.91 Å². The number of anilines is 2. The van der Waals surface area contributed by atoms with Gasteiger partial charge in [-0.05, 0) is 36.4 Å². The summed E-state index contributed by atoms with van der Waals surface area (Å²) in [5, 5.41) is 11.8. The van der Waals surface area contributed by atoms with Gasteiger partial charge in [-0.3, -0.25) is 14.4 Å². The highest BCUT2D eigenvalue weighted by Crippen LogP contribution is 2.31. The molecule has 0 aliphatic heterocycles. The molecule has 4 rings (SSSR count). The van der Waals surface area contributed by atoms with Crippen molar-refractivity contribution in [3.63, 3.8) is 0 Å². The fraction of sp³-hybridized carbons (Fsp3) is 0.125. The number of allylic oxidation sites excluding steroid dienone is 2. The second-order valence-electron chi connectivity index (χ2n) is 7.21. The Morgan fingerprint density at radius 1 is 0.912 bits per heavy atom. The molecule has 2 aromatic carbocycles. The Balaban J connectivity index is 1.31. The molecule has 0 bridgehead atoms. The van der Waals surface area contributed by atoms with Crippen LogP contribution >= 0.6 is 11.8 Å². The maximum atomic E-state index is 13.0. The molecule has 3 N–H and O–H groups in total. The molecule has 3 aromatic rings. The fourth-order valence-corrected chi connectivity index (χ4v) is 4.10. The number of fused-ring (bicyclic) bond motifs is 1. The van der Waals surface area contributed by atoms with Crippen molar-refractivity contribution >= 4 is 46.6 Å². The lowest BCUT2D eigenvalue weighted by Gasteiger charge is -2.11. The minimum absolute atomic E-state index is 0.135. The molecule has 172 valence electrons. The Labute approximate surface area is 199 Å². The number of Topliss-reactive ketones (excluding diaryl/α,β-unsaturated/α-hetero) is 1. The van der Waals surface area contributed by atoms with Gasteiger partial charge in [0.25, 0.3) is 5.91 Å². The molecular formula is C24H20N4O5S. The molecule has 3 amide bonds. The van der Waals surface area contributed by atoms with E-state index >= 15 is 0 Å². The first-order chi connectivity index (χ1) is 16.5. The van der Waals surface area contributed by atoms with Crippen LogP contribution in [0.2, 0.25) is 0 Å². The van der Waals surface area contributed by atoms with Gasteiger partial charge in [-0.15, -0.1) is 11.8 Å². The predicted octanol–water partition coefficient (Wildman–Crippen LogP) is 4.13. The number of nitrogens with zero attached hydrogens (tertiary/aromatic N) is 1. The van der Waals surface area contributed by atoms with Crippen molar-refractivity contribution in [1.82, 2.24) is 10.5 Å². The molecule has 0 saturated heterocycles. The number of thioether (sulfide) groups is 1. The van der Waals surface area contributed by atoms with E-state index in [9.17, 15) is 19.2 Å². The third-order valence-corrected chi connectivity index (χ3v) is 5.88. The highest BCUT2D eigenvalue weighted by atomic mass is 32.2. The van der Waals surface area contributed by atoms with E-state index in [1.165, 1.54) is 17.8 Å². The average Bonchev–Trinajstić information content (AvgIpc) is 3.29. The number of nitrogens with one attached hydrogen (secondary N) is 3. The fourth-order valence-electron chi connectivity index (χ4n) is 3.17. The van der Waals surface area contributed by atoms with Crippen LogP contribution in [-0.2, 0) is 0 Å². The monoisotopic (exact) mass is 476 g/mol. The van der Waals surface area contributed by atoms with E-state index in [1.54, 1.807) is 42.5 Å². The van der Waals surface area contributed by atoms with Crippen LogP contribution in [0.15, 0.2) is 76.2 Å². The van der Waals surface area contributed by atoms with E-state index in [-0.39, 0.29) is 28.0 Å². The van der Waals surface area contributed by atoms with Crippen LogP contribution in [0.25, 0.3) is 0 Å². The van der Waals surface area contributed by atoms with Gasteiger partial charge in [-0.2, -0.15) is 0 Å². The van der Waals surface area contributed by atoms with Crippen molar-refractivity contribution in [3.05, 3.63) is 88.7 Å². The minimum Gasteiger partial charge on any atom is -0.351 e. The van der Waals surface area contributed by atoms with Gasteiger partial charge in [-0.1, -0.05) is 41.6 Å². The zero-order valence-electron chi connectivity index (χ0n) is 17.9. The van der Waals surface area contributed by atoms with Crippen LogP contribution in [0, 0.1) is 0 Å². The van der Waals surface area contributed by atoms with Crippen LogP contribution in [-0.4, -0.2) is 41.0 Å². The Kier molecular flexibility index (Phi) is 7.19. The Hall–Kier alpha value is -4.18. The summed E-state index contributed by atoms with van der Waals surface area (Å²) in [6.45, 7) is 0.379. The summed E-state index contributed by atoms with van der Waals surface area (Å²) in [7, 11) is 0. The molecule has 9 nitrogen and oxygen atoms in total. The summed E-state index contributed by atoms with van der Waals surface area (Å²) in [5.74, 6) is -1.43. The number of benzene rings is 2. The molecule has 0 unspecified atom stereocenters. The Morgan fingerprint density at radius 2 is 1.56 bits per heavy atom. The summed E-state index contributed by atoms with van der Waals surface area (Å²) < 4.78 is 5.01. The van der Waals surface area contributed by atoms with Crippen molar-refractivity contribution in [2.24, 2.45) is 0 Å². The summed E-state index contributed by atoms with van der Waals surface area (Å²) in [6.07, 6.45) is 1.75. The molecule has 0 fully saturated rings. The number of urea groups is 1. The summed E-state index contributed by atoms with van der Waals surface area (Å²) >= 11 is 1.17. The number of rotatable bonds is 8. The maximum absolute atomic E-state index is 13.0. The molecule has 0 radical (unpaired) electrons. The number of hydrogen-bond acceptors (Lipinski definition) is 7. The Bertz CT molecular complexity index is 1250. The van der Waals surface area contributed by atoms with Gasteiger partial charge >= 0.3 is 6.03 Å². The van der Waals surface area contributed by atoms with Crippen molar-refractivity contribution < 1.29 is 23.7 Å². The van der Waals surface area contributed by atoms with E-state index in [2.05, 4.69) is 21.1 Å². The topological polar surface area (TPSA) is 130 Å². The molecule has 34 heavy (non-hydrogen) atoms. The van der Waals surface area contributed by atoms with Gasteiger partial charge in [0, 0.05) is 24.0 Å². The summed E-state index contributed by atoms with van der Waals surface area (Å²) in [5.41, 5.74) is 0.835. The molecule has 1 aromatic heterocycles. The molecule has 10 heteroatoms. The second kappa shape index (κ2) is 10.6. The highest BCUT2D eigenvalue weighted by molar-refractivity contribution is 8.04. The number of hydrogen-bond donors (Lipinski definition) is 3. The van der Waals surface area contributed by atoms with Crippen molar-refractivity contribution in [3.8, 4) is 0 Å². The van der Waals surface area contributed by atoms with Crippen molar-refractivity contribution in [2.75, 3.05) is 22.9 Å². The van der Waals surface area contributed by atoms with E-state index in [0.29, 0.717) is 30.1 Å².